The molecule has 0 bridgehead atoms. The fourth-order valence-corrected chi connectivity index (χ4v) is 3.19. The van der Waals surface area contributed by atoms with E-state index in [1.54, 1.807) is 43.3 Å². The average Bonchev–Trinajstić information content (AvgIpc) is 3.07. The van der Waals surface area contributed by atoms with Crippen molar-refractivity contribution in [2.45, 2.75) is 6.92 Å². The molecule has 0 spiro atoms. The number of carbonyl (C=O) groups is 1. The van der Waals surface area contributed by atoms with Gasteiger partial charge in [0.15, 0.2) is 5.69 Å². The van der Waals surface area contributed by atoms with E-state index in [2.05, 4.69) is 20.6 Å². The summed E-state index contributed by atoms with van der Waals surface area (Å²) in [5, 5.41) is 16.8. The van der Waals surface area contributed by atoms with E-state index in [0.717, 1.165) is 5.01 Å². The van der Waals surface area contributed by atoms with Crippen LogP contribution >= 0.6 is 11.3 Å². The molecule has 1 N–H and O–H groups in total. The number of rotatable bonds is 3. The van der Waals surface area contributed by atoms with Crippen LogP contribution in [0.25, 0.3) is 16.5 Å². The third-order valence-corrected chi connectivity index (χ3v) is 4.52. The van der Waals surface area contributed by atoms with Gasteiger partial charge in [-0.3, -0.25) is 14.9 Å². The molecule has 0 aliphatic carbocycles. The molecule has 2 aromatic carbocycles. The molecular formula is C18H13N5O2S. The van der Waals surface area contributed by atoms with E-state index < -0.39 is 5.91 Å². The molecule has 26 heavy (non-hydrogen) atoms. The lowest BCUT2D eigenvalue weighted by Gasteiger charge is -2.10. The van der Waals surface area contributed by atoms with Crippen molar-refractivity contribution in [2.24, 2.45) is 0 Å². The normalized spacial score (nSPS) is 10.8. The molecule has 4 rings (SSSR count). The minimum Gasteiger partial charge on any atom is -0.295 e. The van der Waals surface area contributed by atoms with Gasteiger partial charge in [0.05, 0.1) is 11.1 Å². The maximum atomic E-state index is 12.8. The van der Waals surface area contributed by atoms with Crippen LogP contribution in [-0.4, -0.2) is 25.9 Å². The number of nitrogens with one attached hydrogen (secondary N) is 1. The first-order valence-corrected chi connectivity index (χ1v) is 8.64. The maximum absolute atomic E-state index is 12.8. The quantitative estimate of drug-likeness (QED) is 0.604. The predicted octanol–water partition coefficient (Wildman–Crippen LogP) is 2.80. The number of aryl methyl sites for hydroxylation is 1. The molecule has 0 unspecified atom stereocenters. The standard InChI is InChI=1S/C18H13N5O2S/c1-11-20-21-18(26-11)19-16(24)15-13-9-5-6-10-14(13)17(25)23(22-15)12-7-3-2-4-8-12/h2-10H,1H3,(H,19,21,24). The van der Waals surface area contributed by atoms with Crippen LogP contribution < -0.4 is 10.9 Å². The summed E-state index contributed by atoms with van der Waals surface area (Å²) in [7, 11) is 0. The second-order valence-corrected chi connectivity index (χ2v) is 6.71. The number of amides is 1. The number of carbonyl (C=O) groups excluding carboxylic acids is 1. The van der Waals surface area contributed by atoms with Gasteiger partial charge in [-0.25, -0.2) is 0 Å². The van der Waals surface area contributed by atoms with Gasteiger partial charge in [-0.2, -0.15) is 9.78 Å². The number of benzene rings is 2. The second-order valence-electron chi connectivity index (χ2n) is 5.53. The molecule has 0 saturated heterocycles. The van der Waals surface area contributed by atoms with E-state index in [1.807, 2.05) is 18.2 Å². The maximum Gasteiger partial charge on any atom is 0.279 e. The minimum absolute atomic E-state index is 0.150. The Bertz CT molecular complexity index is 1170. The molecule has 1 amide bonds. The highest BCUT2D eigenvalue weighted by atomic mass is 32.1. The van der Waals surface area contributed by atoms with Crippen molar-refractivity contribution in [1.29, 1.82) is 0 Å². The molecule has 2 aromatic heterocycles. The Morgan fingerprint density at radius 2 is 1.69 bits per heavy atom. The first kappa shape index (κ1) is 16.1. The van der Waals surface area contributed by atoms with Gasteiger partial charge in [0, 0.05) is 5.39 Å². The van der Waals surface area contributed by atoms with Crippen LogP contribution in [0.3, 0.4) is 0 Å². The van der Waals surface area contributed by atoms with E-state index in [-0.39, 0.29) is 11.3 Å². The van der Waals surface area contributed by atoms with Gasteiger partial charge in [-0.05, 0) is 25.1 Å². The molecule has 0 radical (unpaired) electrons. The predicted molar refractivity (Wildman–Crippen MR) is 99.9 cm³/mol. The van der Waals surface area contributed by atoms with E-state index in [9.17, 15) is 9.59 Å². The number of aromatic nitrogens is 4. The number of hydrogen-bond acceptors (Lipinski definition) is 6. The van der Waals surface area contributed by atoms with Crippen molar-refractivity contribution in [2.75, 3.05) is 5.32 Å². The van der Waals surface area contributed by atoms with Gasteiger partial charge < -0.3 is 0 Å². The zero-order chi connectivity index (χ0) is 18.1. The number of nitrogens with zero attached hydrogens (tertiary/aromatic N) is 4. The Morgan fingerprint density at radius 3 is 2.38 bits per heavy atom. The van der Waals surface area contributed by atoms with Crippen LogP contribution in [0.5, 0.6) is 0 Å². The molecule has 4 aromatic rings. The van der Waals surface area contributed by atoms with Gasteiger partial charge in [0.25, 0.3) is 11.5 Å². The van der Waals surface area contributed by atoms with Crippen molar-refractivity contribution in [3.63, 3.8) is 0 Å². The monoisotopic (exact) mass is 363 g/mol. The highest BCUT2D eigenvalue weighted by Gasteiger charge is 2.18. The highest BCUT2D eigenvalue weighted by molar-refractivity contribution is 7.15. The third-order valence-electron chi connectivity index (χ3n) is 3.77. The Kier molecular flexibility index (Phi) is 4.02. The summed E-state index contributed by atoms with van der Waals surface area (Å²) in [5.74, 6) is -0.443. The Balaban J connectivity index is 1.89. The lowest BCUT2D eigenvalue weighted by Crippen LogP contribution is -2.26. The molecule has 128 valence electrons. The molecule has 0 saturated carbocycles. The summed E-state index contributed by atoms with van der Waals surface area (Å²) < 4.78 is 1.24. The van der Waals surface area contributed by atoms with E-state index in [0.29, 0.717) is 21.6 Å². The first-order valence-electron chi connectivity index (χ1n) is 7.82. The van der Waals surface area contributed by atoms with Gasteiger partial charge in [-0.1, -0.05) is 47.7 Å². The van der Waals surface area contributed by atoms with Crippen LogP contribution in [0, 0.1) is 6.92 Å². The van der Waals surface area contributed by atoms with Gasteiger partial charge in [0.2, 0.25) is 5.13 Å². The van der Waals surface area contributed by atoms with Crippen LogP contribution in [-0.2, 0) is 0 Å². The van der Waals surface area contributed by atoms with Crippen molar-refractivity contribution >= 4 is 33.1 Å². The second kappa shape index (κ2) is 6.49. The Hall–Kier alpha value is -3.39. The van der Waals surface area contributed by atoms with Gasteiger partial charge in [-0.15, -0.1) is 10.2 Å². The molecule has 7 nitrogen and oxygen atoms in total. The number of para-hydroxylation sites is 1. The summed E-state index contributed by atoms with van der Waals surface area (Å²) in [6.45, 7) is 1.80. The molecular weight excluding hydrogens is 350 g/mol. The third kappa shape index (κ3) is 2.86. The largest absolute Gasteiger partial charge is 0.295 e. The molecule has 0 fully saturated rings. The number of hydrogen-bond donors (Lipinski definition) is 1. The Labute approximate surface area is 151 Å². The van der Waals surface area contributed by atoms with Crippen LogP contribution in [0.1, 0.15) is 15.5 Å². The number of anilines is 1. The molecule has 0 aliphatic heterocycles. The van der Waals surface area contributed by atoms with Crippen LogP contribution in [0.4, 0.5) is 5.13 Å². The fourth-order valence-electron chi connectivity index (χ4n) is 2.60. The summed E-state index contributed by atoms with van der Waals surface area (Å²) in [4.78, 5) is 25.6. The van der Waals surface area contributed by atoms with Gasteiger partial charge in [0.1, 0.15) is 5.01 Å². The zero-order valence-electron chi connectivity index (χ0n) is 13.7. The molecule has 2 heterocycles. The van der Waals surface area contributed by atoms with E-state index in [1.165, 1.54) is 16.0 Å². The lowest BCUT2D eigenvalue weighted by molar-refractivity contribution is 0.102. The topological polar surface area (TPSA) is 89.8 Å². The van der Waals surface area contributed by atoms with E-state index >= 15 is 0 Å². The van der Waals surface area contributed by atoms with Crippen molar-refractivity contribution in [3.8, 4) is 5.69 Å². The number of fused-ring (bicyclic) bond motifs is 1. The van der Waals surface area contributed by atoms with E-state index in [4.69, 9.17) is 0 Å². The van der Waals surface area contributed by atoms with Crippen LogP contribution in [0.15, 0.2) is 59.4 Å². The van der Waals surface area contributed by atoms with Crippen molar-refractivity contribution in [1.82, 2.24) is 20.0 Å². The first-order chi connectivity index (χ1) is 12.6. The average molecular weight is 363 g/mol. The summed E-state index contributed by atoms with van der Waals surface area (Å²) in [5.41, 5.74) is 0.455. The fraction of sp³-hybridized carbons (Fsp3) is 0.0556. The van der Waals surface area contributed by atoms with Gasteiger partial charge >= 0.3 is 0 Å². The van der Waals surface area contributed by atoms with Crippen LogP contribution in [0.2, 0.25) is 0 Å². The zero-order valence-corrected chi connectivity index (χ0v) is 14.5. The molecule has 8 heteroatoms. The summed E-state index contributed by atoms with van der Waals surface area (Å²) in [6, 6.07) is 15.9. The lowest BCUT2D eigenvalue weighted by atomic mass is 10.1. The molecule has 0 aliphatic rings. The SMILES string of the molecule is Cc1nnc(NC(=O)c2nn(-c3ccccc3)c(=O)c3ccccc23)s1. The highest BCUT2D eigenvalue weighted by Crippen LogP contribution is 2.18. The van der Waals surface area contributed by atoms with Crippen molar-refractivity contribution in [3.05, 3.63) is 75.7 Å². The Morgan fingerprint density at radius 1 is 1.00 bits per heavy atom. The van der Waals surface area contributed by atoms with Crippen molar-refractivity contribution < 1.29 is 4.79 Å². The summed E-state index contributed by atoms with van der Waals surface area (Å²) >= 11 is 1.27. The summed E-state index contributed by atoms with van der Waals surface area (Å²) in [6.07, 6.45) is 0. The smallest absolute Gasteiger partial charge is 0.279 e. The molecule has 0 atom stereocenters. The minimum atomic E-state index is -0.443.